The van der Waals surface area contributed by atoms with Crippen LogP contribution in [0.15, 0.2) is 54.6 Å². The van der Waals surface area contributed by atoms with Crippen LogP contribution in [0.2, 0.25) is 0 Å². The number of aryl methyl sites for hydroxylation is 1. The second kappa shape index (κ2) is 4.80. The van der Waals surface area contributed by atoms with Crippen molar-refractivity contribution in [2.45, 2.75) is 13.8 Å². The Morgan fingerprint density at radius 1 is 0.875 bits per heavy atom. The van der Waals surface area contributed by atoms with E-state index in [1.807, 2.05) is 0 Å². The molecule has 2 aromatic carbocycles. The van der Waals surface area contributed by atoms with Crippen molar-refractivity contribution < 1.29 is 0 Å². The van der Waals surface area contributed by atoms with E-state index in [-0.39, 0.29) is 0 Å². The monoisotopic (exact) mass is 208 g/mol. The van der Waals surface area contributed by atoms with Gasteiger partial charge in [0.2, 0.25) is 0 Å². The highest BCUT2D eigenvalue weighted by Crippen LogP contribution is 2.26. The highest BCUT2D eigenvalue weighted by Gasteiger charge is 2.03. The first-order chi connectivity index (χ1) is 7.83. The second-order valence-corrected chi connectivity index (χ2v) is 3.90. The molecule has 0 nitrogen and oxygen atoms in total. The fraction of sp³-hybridized carbons (Fsp3) is 0.125. The van der Waals surface area contributed by atoms with Crippen LogP contribution in [0.4, 0.5) is 0 Å². The van der Waals surface area contributed by atoms with Crippen molar-refractivity contribution in [3.8, 4) is 11.1 Å². The van der Waals surface area contributed by atoms with Crippen LogP contribution < -0.4 is 0 Å². The van der Waals surface area contributed by atoms with Gasteiger partial charge in [0.15, 0.2) is 0 Å². The zero-order valence-corrected chi connectivity index (χ0v) is 9.77. The van der Waals surface area contributed by atoms with Gasteiger partial charge in [-0.1, -0.05) is 60.7 Å². The molecular formula is C16H16. The van der Waals surface area contributed by atoms with Gasteiger partial charge in [-0.05, 0) is 36.1 Å². The molecule has 0 fully saturated rings. The standard InChI is InChI=1S/C16H16/c1-3-8-15-13(2)9-7-12-16(15)14-10-5-4-6-11-14/h3-12H,1-2H3. The van der Waals surface area contributed by atoms with Crippen molar-refractivity contribution in [2.24, 2.45) is 0 Å². The summed E-state index contributed by atoms with van der Waals surface area (Å²) in [5.74, 6) is 0. The van der Waals surface area contributed by atoms with Crippen LogP contribution in [0.1, 0.15) is 18.1 Å². The molecule has 0 saturated carbocycles. The van der Waals surface area contributed by atoms with Gasteiger partial charge in [-0.3, -0.25) is 0 Å². The van der Waals surface area contributed by atoms with Gasteiger partial charge in [0.25, 0.3) is 0 Å². The van der Waals surface area contributed by atoms with Crippen molar-refractivity contribution in [1.29, 1.82) is 0 Å². The summed E-state index contributed by atoms with van der Waals surface area (Å²) in [6.07, 6.45) is 4.27. The molecule has 2 rings (SSSR count). The van der Waals surface area contributed by atoms with Crippen LogP contribution in [-0.4, -0.2) is 0 Å². The van der Waals surface area contributed by atoms with Crippen LogP contribution in [0.25, 0.3) is 17.2 Å². The molecule has 0 atom stereocenters. The molecule has 0 N–H and O–H groups in total. The van der Waals surface area contributed by atoms with Crippen molar-refractivity contribution in [3.63, 3.8) is 0 Å². The average Bonchev–Trinajstić information content (AvgIpc) is 2.33. The molecule has 0 aliphatic carbocycles. The SMILES string of the molecule is CC=Cc1c(C)cccc1-c1ccccc1. The van der Waals surface area contributed by atoms with Gasteiger partial charge >= 0.3 is 0 Å². The quantitative estimate of drug-likeness (QED) is 0.671. The van der Waals surface area contributed by atoms with Crippen LogP contribution in [-0.2, 0) is 0 Å². The molecule has 0 spiro atoms. The van der Waals surface area contributed by atoms with E-state index in [1.165, 1.54) is 22.3 Å². The minimum Gasteiger partial charge on any atom is -0.0870 e. The van der Waals surface area contributed by atoms with E-state index in [0.717, 1.165) is 0 Å². The number of rotatable bonds is 2. The largest absolute Gasteiger partial charge is 0.0870 e. The normalized spacial score (nSPS) is 10.9. The first-order valence-corrected chi connectivity index (χ1v) is 5.60. The number of allylic oxidation sites excluding steroid dienone is 1. The molecule has 0 bridgehead atoms. The van der Waals surface area contributed by atoms with Crippen molar-refractivity contribution in [3.05, 3.63) is 65.7 Å². The lowest BCUT2D eigenvalue weighted by Crippen LogP contribution is -1.86. The van der Waals surface area contributed by atoms with Crippen LogP contribution in [0.5, 0.6) is 0 Å². The highest BCUT2D eigenvalue weighted by molar-refractivity contribution is 5.76. The molecular weight excluding hydrogens is 192 g/mol. The lowest BCUT2D eigenvalue weighted by Gasteiger charge is -2.09. The topological polar surface area (TPSA) is 0 Å². The summed E-state index contributed by atoms with van der Waals surface area (Å²) in [7, 11) is 0. The van der Waals surface area contributed by atoms with Crippen LogP contribution in [0, 0.1) is 6.92 Å². The van der Waals surface area contributed by atoms with E-state index in [1.54, 1.807) is 0 Å². The highest BCUT2D eigenvalue weighted by atomic mass is 14.1. The first kappa shape index (κ1) is 10.7. The Kier molecular flexibility index (Phi) is 3.21. The van der Waals surface area contributed by atoms with Gasteiger partial charge in [0.1, 0.15) is 0 Å². The number of hydrogen-bond acceptors (Lipinski definition) is 0. The second-order valence-electron chi connectivity index (χ2n) is 3.90. The molecule has 0 heteroatoms. The van der Waals surface area contributed by atoms with E-state index in [0.29, 0.717) is 0 Å². The molecule has 0 heterocycles. The third-order valence-electron chi connectivity index (χ3n) is 2.74. The van der Waals surface area contributed by atoms with Crippen molar-refractivity contribution in [1.82, 2.24) is 0 Å². The smallest absolute Gasteiger partial charge is 0.0109 e. The summed E-state index contributed by atoms with van der Waals surface area (Å²) < 4.78 is 0. The summed E-state index contributed by atoms with van der Waals surface area (Å²) in [5.41, 5.74) is 5.22. The Morgan fingerprint density at radius 2 is 1.62 bits per heavy atom. The molecule has 0 amide bonds. The van der Waals surface area contributed by atoms with E-state index in [9.17, 15) is 0 Å². The summed E-state index contributed by atoms with van der Waals surface area (Å²) in [5, 5.41) is 0. The predicted molar refractivity (Wildman–Crippen MR) is 71.3 cm³/mol. The van der Waals surface area contributed by atoms with E-state index in [4.69, 9.17) is 0 Å². The molecule has 0 aliphatic rings. The minimum atomic E-state index is 1.28. The number of benzene rings is 2. The van der Waals surface area contributed by atoms with Gasteiger partial charge < -0.3 is 0 Å². The summed E-state index contributed by atoms with van der Waals surface area (Å²) in [4.78, 5) is 0. The van der Waals surface area contributed by atoms with Gasteiger partial charge in [-0.2, -0.15) is 0 Å². The molecule has 0 aliphatic heterocycles. The van der Waals surface area contributed by atoms with Gasteiger partial charge in [-0.15, -0.1) is 0 Å². The third kappa shape index (κ3) is 2.06. The van der Waals surface area contributed by atoms with Crippen molar-refractivity contribution in [2.75, 3.05) is 0 Å². The van der Waals surface area contributed by atoms with Gasteiger partial charge in [-0.25, -0.2) is 0 Å². The number of hydrogen-bond donors (Lipinski definition) is 0. The molecule has 0 unspecified atom stereocenters. The first-order valence-electron chi connectivity index (χ1n) is 5.60. The Bertz CT molecular complexity index is 493. The van der Waals surface area contributed by atoms with Gasteiger partial charge in [0, 0.05) is 0 Å². The molecule has 2 aromatic rings. The molecule has 80 valence electrons. The van der Waals surface area contributed by atoms with E-state index >= 15 is 0 Å². The Hall–Kier alpha value is -1.82. The average molecular weight is 208 g/mol. The fourth-order valence-electron chi connectivity index (χ4n) is 1.94. The van der Waals surface area contributed by atoms with Crippen LogP contribution >= 0.6 is 0 Å². The predicted octanol–water partition coefficient (Wildman–Crippen LogP) is 4.70. The maximum atomic E-state index is 2.18. The Balaban J connectivity index is 2.61. The lowest BCUT2D eigenvalue weighted by molar-refractivity contribution is 1.43. The minimum absolute atomic E-state index is 1.28. The zero-order valence-electron chi connectivity index (χ0n) is 9.77. The maximum Gasteiger partial charge on any atom is -0.0109 e. The molecule has 0 saturated heterocycles. The summed E-state index contributed by atoms with van der Waals surface area (Å²) in [6.45, 7) is 4.21. The third-order valence-corrected chi connectivity index (χ3v) is 2.74. The van der Waals surface area contributed by atoms with E-state index < -0.39 is 0 Å². The molecule has 0 aromatic heterocycles. The zero-order chi connectivity index (χ0) is 11.4. The van der Waals surface area contributed by atoms with E-state index in [2.05, 4.69) is 74.5 Å². The van der Waals surface area contributed by atoms with Gasteiger partial charge in [0.05, 0.1) is 0 Å². The lowest BCUT2D eigenvalue weighted by atomic mass is 9.96. The van der Waals surface area contributed by atoms with Crippen molar-refractivity contribution >= 4 is 6.08 Å². The fourth-order valence-corrected chi connectivity index (χ4v) is 1.94. The van der Waals surface area contributed by atoms with Crippen LogP contribution in [0.3, 0.4) is 0 Å². The molecule has 16 heavy (non-hydrogen) atoms. The maximum absolute atomic E-state index is 2.18. The molecule has 0 radical (unpaired) electrons. The Labute approximate surface area is 97.3 Å². The summed E-state index contributed by atoms with van der Waals surface area (Å²) >= 11 is 0. The Morgan fingerprint density at radius 3 is 2.31 bits per heavy atom. The summed E-state index contributed by atoms with van der Waals surface area (Å²) in [6, 6.07) is 17.0.